The maximum atomic E-state index is 11.7. The first kappa shape index (κ1) is 10.7. The highest BCUT2D eigenvalue weighted by molar-refractivity contribution is 6.08. The molecule has 0 unspecified atom stereocenters. The van der Waals surface area contributed by atoms with Crippen LogP contribution >= 0.6 is 0 Å². The molecule has 0 bridgehead atoms. The van der Waals surface area contributed by atoms with Crippen LogP contribution in [0.5, 0.6) is 0 Å². The van der Waals surface area contributed by atoms with E-state index in [-0.39, 0.29) is 5.78 Å². The topological polar surface area (TPSA) is 22.0 Å². The van der Waals surface area contributed by atoms with Gasteiger partial charge in [-0.3, -0.25) is 4.79 Å². The van der Waals surface area contributed by atoms with Crippen molar-refractivity contribution in [2.75, 3.05) is 0 Å². The van der Waals surface area contributed by atoms with Crippen molar-refractivity contribution in [3.63, 3.8) is 0 Å². The van der Waals surface area contributed by atoms with Crippen molar-refractivity contribution in [2.24, 2.45) is 0 Å². The number of carbonyl (C=O) groups excluding carboxylic acids is 1. The van der Waals surface area contributed by atoms with E-state index in [4.69, 9.17) is 0 Å². The quantitative estimate of drug-likeness (QED) is 0.566. The second kappa shape index (κ2) is 3.97. The van der Waals surface area contributed by atoms with E-state index < -0.39 is 0 Å². The Balaban J connectivity index is 2.85. The summed E-state index contributed by atoms with van der Waals surface area (Å²) in [5.74, 6) is 0.122. The molecule has 2 heteroatoms. The Bertz CT molecular complexity index is 563. The van der Waals surface area contributed by atoms with E-state index in [0.29, 0.717) is 0 Å². The normalized spacial score (nSPS) is 10.6. The average Bonchev–Trinajstić information content (AvgIpc) is 2.53. The van der Waals surface area contributed by atoms with Crippen molar-refractivity contribution >= 4 is 16.7 Å². The number of benzene rings is 1. The lowest BCUT2D eigenvalue weighted by atomic mass is 10.1. The first-order chi connectivity index (χ1) is 7.66. The molecule has 1 aromatic heterocycles. The molecular weight excluding hydrogens is 198 g/mol. The van der Waals surface area contributed by atoms with E-state index >= 15 is 0 Å². The number of ketones is 1. The molecular formula is C14H15NO. The minimum Gasteiger partial charge on any atom is -0.340 e. The van der Waals surface area contributed by atoms with E-state index in [9.17, 15) is 4.79 Å². The highest BCUT2D eigenvalue weighted by Gasteiger charge is 2.15. The molecule has 0 saturated carbocycles. The van der Waals surface area contributed by atoms with Crippen molar-refractivity contribution in [3.05, 3.63) is 48.2 Å². The summed E-state index contributed by atoms with van der Waals surface area (Å²) in [6.45, 7) is 8.09. The molecule has 16 heavy (non-hydrogen) atoms. The number of rotatable bonds is 3. The number of aromatic nitrogens is 1. The Morgan fingerprint density at radius 2 is 2.12 bits per heavy atom. The molecule has 1 aromatic carbocycles. The fraction of sp³-hybridized carbons (Fsp3) is 0.214. The van der Waals surface area contributed by atoms with Gasteiger partial charge in [-0.2, -0.15) is 0 Å². The fourth-order valence-electron chi connectivity index (χ4n) is 2.24. The van der Waals surface area contributed by atoms with Crippen LogP contribution in [0.15, 0.2) is 36.9 Å². The number of hydrogen-bond donors (Lipinski definition) is 0. The van der Waals surface area contributed by atoms with Crippen molar-refractivity contribution < 1.29 is 4.79 Å². The Kier molecular flexibility index (Phi) is 2.65. The average molecular weight is 213 g/mol. The molecule has 1 heterocycles. The van der Waals surface area contributed by atoms with Crippen LogP contribution in [0.2, 0.25) is 0 Å². The molecule has 2 nitrogen and oxygen atoms in total. The van der Waals surface area contributed by atoms with Gasteiger partial charge < -0.3 is 4.57 Å². The van der Waals surface area contributed by atoms with E-state index in [1.54, 1.807) is 6.92 Å². The zero-order chi connectivity index (χ0) is 11.7. The lowest BCUT2D eigenvalue weighted by molar-refractivity contribution is 0.101. The molecule has 0 aliphatic rings. The third-order valence-corrected chi connectivity index (χ3v) is 2.89. The summed E-state index contributed by atoms with van der Waals surface area (Å²) in [6.07, 6.45) is 1.85. The van der Waals surface area contributed by atoms with Crippen LogP contribution in [0.1, 0.15) is 23.0 Å². The standard InChI is InChI=1S/C14H15NO/c1-4-9-15-10(2)14(11(3)16)12-7-5-6-8-13(12)15/h4-8H,1,9H2,2-3H3. The lowest BCUT2D eigenvalue weighted by Gasteiger charge is -2.03. The number of fused-ring (bicyclic) bond motifs is 1. The predicted molar refractivity (Wildman–Crippen MR) is 66.9 cm³/mol. The number of para-hydroxylation sites is 1. The molecule has 0 N–H and O–H groups in total. The maximum Gasteiger partial charge on any atom is 0.162 e. The Labute approximate surface area is 95.2 Å². The van der Waals surface area contributed by atoms with Gasteiger partial charge in [-0.15, -0.1) is 6.58 Å². The smallest absolute Gasteiger partial charge is 0.162 e. The Morgan fingerprint density at radius 3 is 2.75 bits per heavy atom. The molecule has 82 valence electrons. The van der Waals surface area contributed by atoms with Gasteiger partial charge in [0.15, 0.2) is 5.78 Å². The predicted octanol–water partition coefficient (Wildman–Crippen LogP) is 3.34. The summed E-state index contributed by atoms with van der Waals surface area (Å²) in [5, 5.41) is 1.04. The van der Waals surface area contributed by atoms with Crippen LogP contribution in [0, 0.1) is 6.92 Å². The molecule has 0 radical (unpaired) electrons. The molecule has 0 spiro atoms. The van der Waals surface area contributed by atoms with E-state index in [0.717, 1.165) is 28.7 Å². The summed E-state index contributed by atoms with van der Waals surface area (Å²) in [4.78, 5) is 11.7. The number of nitrogens with zero attached hydrogens (tertiary/aromatic N) is 1. The first-order valence-electron chi connectivity index (χ1n) is 5.36. The molecule has 0 fully saturated rings. The van der Waals surface area contributed by atoms with Gasteiger partial charge in [-0.05, 0) is 19.9 Å². The van der Waals surface area contributed by atoms with Gasteiger partial charge in [0.25, 0.3) is 0 Å². The van der Waals surface area contributed by atoms with Crippen LogP contribution in [0.4, 0.5) is 0 Å². The maximum absolute atomic E-state index is 11.7. The Hall–Kier alpha value is -1.83. The first-order valence-corrected chi connectivity index (χ1v) is 5.36. The van der Waals surface area contributed by atoms with E-state index in [2.05, 4.69) is 11.1 Å². The highest BCUT2D eigenvalue weighted by Crippen LogP contribution is 2.26. The molecule has 0 atom stereocenters. The molecule has 0 amide bonds. The molecule has 0 aliphatic heterocycles. The van der Waals surface area contributed by atoms with Gasteiger partial charge in [-0.1, -0.05) is 24.3 Å². The summed E-state index contributed by atoms with van der Waals surface area (Å²) in [7, 11) is 0. The van der Waals surface area contributed by atoms with Gasteiger partial charge in [0.05, 0.1) is 0 Å². The van der Waals surface area contributed by atoms with Crippen LogP contribution in [0.3, 0.4) is 0 Å². The summed E-state index contributed by atoms with van der Waals surface area (Å²) >= 11 is 0. The Morgan fingerprint density at radius 1 is 1.44 bits per heavy atom. The van der Waals surface area contributed by atoms with Crippen molar-refractivity contribution in [1.82, 2.24) is 4.57 Å². The van der Waals surface area contributed by atoms with Gasteiger partial charge >= 0.3 is 0 Å². The van der Waals surface area contributed by atoms with Crippen molar-refractivity contribution in [1.29, 1.82) is 0 Å². The zero-order valence-corrected chi connectivity index (χ0v) is 9.66. The van der Waals surface area contributed by atoms with Crippen LogP contribution in [-0.2, 0) is 6.54 Å². The summed E-state index contributed by atoms with van der Waals surface area (Å²) < 4.78 is 2.12. The molecule has 2 rings (SSSR count). The number of hydrogen-bond acceptors (Lipinski definition) is 1. The summed E-state index contributed by atoms with van der Waals surface area (Å²) in [5.41, 5.74) is 2.95. The highest BCUT2D eigenvalue weighted by atomic mass is 16.1. The second-order valence-corrected chi connectivity index (χ2v) is 3.93. The largest absolute Gasteiger partial charge is 0.340 e. The van der Waals surface area contributed by atoms with Crippen LogP contribution < -0.4 is 0 Å². The van der Waals surface area contributed by atoms with Gasteiger partial charge in [0.1, 0.15) is 0 Å². The third kappa shape index (κ3) is 1.47. The minimum atomic E-state index is 0.122. The van der Waals surface area contributed by atoms with Gasteiger partial charge in [-0.25, -0.2) is 0 Å². The molecule has 0 saturated heterocycles. The van der Waals surface area contributed by atoms with Crippen molar-refractivity contribution in [3.8, 4) is 0 Å². The second-order valence-electron chi connectivity index (χ2n) is 3.93. The number of allylic oxidation sites excluding steroid dienone is 1. The molecule has 2 aromatic rings. The van der Waals surface area contributed by atoms with Gasteiger partial charge in [0, 0.05) is 28.7 Å². The van der Waals surface area contributed by atoms with E-state index in [1.165, 1.54) is 0 Å². The third-order valence-electron chi connectivity index (χ3n) is 2.89. The SMILES string of the molecule is C=CCn1c(C)c(C(C)=O)c2ccccc21. The zero-order valence-electron chi connectivity index (χ0n) is 9.66. The van der Waals surface area contributed by atoms with E-state index in [1.807, 2.05) is 37.3 Å². The lowest BCUT2D eigenvalue weighted by Crippen LogP contribution is -2.00. The molecule has 0 aliphatic carbocycles. The number of Topliss-reactive ketones (excluding diaryl/α,β-unsaturated/α-hetero) is 1. The minimum absolute atomic E-state index is 0.122. The summed E-state index contributed by atoms with van der Waals surface area (Å²) in [6, 6.07) is 7.99. The monoisotopic (exact) mass is 213 g/mol. The van der Waals surface area contributed by atoms with Crippen LogP contribution in [0.25, 0.3) is 10.9 Å². The van der Waals surface area contributed by atoms with Crippen LogP contribution in [-0.4, -0.2) is 10.4 Å². The van der Waals surface area contributed by atoms with Crippen molar-refractivity contribution in [2.45, 2.75) is 20.4 Å². The fourth-order valence-corrected chi connectivity index (χ4v) is 2.24. The van der Waals surface area contributed by atoms with Gasteiger partial charge in [0.2, 0.25) is 0 Å². The number of carbonyl (C=O) groups is 1.